The van der Waals surface area contributed by atoms with Crippen molar-refractivity contribution in [1.29, 1.82) is 0 Å². The Balaban J connectivity index is 0.000000421. The third kappa shape index (κ3) is 14.2. The van der Waals surface area contributed by atoms with Crippen molar-refractivity contribution in [3.05, 3.63) is 97.1 Å². The van der Waals surface area contributed by atoms with Gasteiger partial charge in [-0.15, -0.1) is 37.2 Å². The third-order valence-corrected chi connectivity index (χ3v) is 14.8. The maximum atomic E-state index is 12.7. The summed E-state index contributed by atoms with van der Waals surface area (Å²) in [5.74, 6) is -0.0404. The van der Waals surface area contributed by atoms with Crippen LogP contribution in [0.2, 0.25) is 0 Å². The second-order valence-electron chi connectivity index (χ2n) is 18.5. The summed E-state index contributed by atoms with van der Waals surface area (Å²) in [5.41, 5.74) is 10.7. The average Bonchev–Trinajstić information content (AvgIpc) is 3.24. The van der Waals surface area contributed by atoms with E-state index in [4.69, 9.17) is 15.2 Å². The highest BCUT2D eigenvalue weighted by Crippen LogP contribution is 2.49. The molecule has 4 aromatic carbocycles. The van der Waals surface area contributed by atoms with E-state index in [2.05, 4.69) is 170 Å². The standard InChI is InChI=1S/C26H37N2O2S.C24H34N3O2S.3ClH/c1-7-12-21(19(2)3)26(29)30-18-28(5,6)20(4)17-27-22-13-8-10-15-24(22)31-25-16-11-9-14-23(25)27;1-17(2)19(14-25)24(28)29-16-27(4,5)18(3)15-26-20-10-6-8-12-22(20)30-23-13-9-7-11-21(23)26;;;/h8-11,13-16,19-21H,7,12,17-18H2,1-6H3;6-13,17-19H,14-16,25H2,1-5H3;3*1H/q2*+1;;;. The van der Waals surface area contributed by atoms with Gasteiger partial charge in [0, 0.05) is 26.1 Å². The molecule has 0 aliphatic carbocycles. The molecule has 2 aliphatic rings. The molecule has 4 atom stereocenters. The van der Waals surface area contributed by atoms with Gasteiger partial charge in [0.2, 0.25) is 13.5 Å². The van der Waals surface area contributed by atoms with Crippen LogP contribution in [0.3, 0.4) is 0 Å². The number of para-hydroxylation sites is 4. The first-order chi connectivity index (χ1) is 29.0. The molecule has 0 saturated carbocycles. The molecule has 0 aromatic heterocycles. The third-order valence-electron chi connectivity index (χ3n) is 12.5. The van der Waals surface area contributed by atoms with Crippen LogP contribution in [0.1, 0.15) is 61.3 Å². The molecule has 2 N–H and O–H groups in total. The van der Waals surface area contributed by atoms with Gasteiger partial charge in [0.25, 0.3) is 0 Å². The van der Waals surface area contributed by atoms with Crippen molar-refractivity contribution in [1.82, 2.24) is 0 Å². The molecule has 4 unspecified atom stereocenters. The van der Waals surface area contributed by atoms with E-state index in [1.807, 2.05) is 37.4 Å². The van der Waals surface area contributed by atoms with Crippen LogP contribution in [0.5, 0.6) is 0 Å². The van der Waals surface area contributed by atoms with Crippen molar-refractivity contribution in [2.45, 2.75) is 93.0 Å². The van der Waals surface area contributed by atoms with Crippen LogP contribution in [0.15, 0.2) is 117 Å². The maximum Gasteiger partial charge on any atom is 0.314 e. The van der Waals surface area contributed by atoms with Gasteiger partial charge in [0.1, 0.15) is 12.1 Å². The second kappa shape index (κ2) is 25.7. The molecule has 0 bridgehead atoms. The number of esters is 2. The van der Waals surface area contributed by atoms with Gasteiger partial charge in [-0.25, -0.2) is 0 Å². The van der Waals surface area contributed by atoms with E-state index in [9.17, 15) is 9.59 Å². The topological polar surface area (TPSA) is 85.1 Å². The first-order valence-corrected chi connectivity index (χ1v) is 23.6. The number of hydrogen-bond donors (Lipinski definition) is 1. The van der Waals surface area contributed by atoms with Gasteiger partial charge in [0.05, 0.1) is 75.9 Å². The van der Waals surface area contributed by atoms with E-state index < -0.39 is 0 Å². The lowest BCUT2D eigenvalue weighted by Crippen LogP contribution is -2.53. The Labute approximate surface area is 411 Å². The maximum absolute atomic E-state index is 12.7. The normalized spacial score (nSPS) is 14.6. The Hall–Kier alpha value is -3.13. The number of hydrogen-bond acceptors (Lipinski definition) is 9. The minimum absolute atomic E-state index is 0. The van der Waals surface area contributed by atoms with Crippen LogP contribution in [0.4, 0.5) is 22.7 Å². The zero-order valence-electron chi connectivity index (χ0n) is 39.7. The van der Waals surface area contributed by atoms with Gasteiger partial charge < -0.3 is 25.0 Å². The summed E-state index contributed by atoms with van der Waals surface area (Å²) in [7, 11) is 8.53. The van der Waals surface area contributed by atoms with Crippen molar-refractivity contribution in [2.24, 2.45) is 29.4 Å². The van der Waals surface area contributed by atoms with Crippen LogP contribution in [-0.2, 0) is 19.1 Å². The Bertz CT molecular complexity index is 2000. The lowest BCUT2D eigenvalue weighted by atomic mass is 9.92. The van der Waals surface area contributed by atoms with Gasteiger partial charge in [0.15, 0.2) is 0 Å². The van der Waals surface area contributed by atoms with E-state index in [0.29, 0.717) is 34.9 Å². The number of nitrogens with two attached hydrogens (primary N) is 1. The fraction of sp³-hybridized carbons (Fsp3) is 0.480. The Morgan fingerprint density at radius 3 is 1.12 bits per heavy atom. The number of quaternary nitrogens is 2. The molecule has 0 spiro atoms. The number of carbonyl (C=O) groups is 2. The SMILES string of the molecule is CC(C)C(CN)C(=O)OC[N+](C)(C)C(C)CN1c2ccccc2Sc2ccccc21.CCCC(C(=O)OC[N+](C)(C)C(C)CN1c2ccccc2Sc2ccccc21)C(C)C.Cl.Cl.Cl. The quantitative estimate of drug-likeness (QED) is 0.0632. The van der Waals surface area contributed by atoms with E-state index >= 15 is 0 Å². The highest BCUT2D eigenvalue weighted by atomic mass is 35.5. The van der Waals surface area contributed by atoms with Gasteiger partial charge in [-0.3, -0.25) is 18.6 Å². The molecule has 6 rings (SSSR count). The molecule has 14 heteroatoms. The van der Waals surface area contributed by atoms with Gasteiger partial charge in [-0.2, -0.15) is 0 Å². The van der Waals surface area contributed by atoms with E-state index in [1.54, 1.807) is 0 Å². The molecule has 4 aromatic rings. The molecule has 2 aliphatic heterocycles. The smallest absolute Gasteiger partial charge is 0.314 e. The van der Waals surface area contributed by atoms with Crippen molar-refractivity contribution < 1.29 is 28.0 Å². The number of anilines is 4. The fourth-order valence-electron chi connectivity index (χ4n) is 7.53. The summed E-state index contributed by atoms with van der Waals surface area (Å²) in [6.07, 6.45) is 1.89. The first-order valence-electron chi connectivity index (χ1n) is 21.9. The minimum Gasteiger partial charge on any atom is -0.415 e. The van der Waals surface area contributed by atoms with Crippen LogP contribution in [0.25, 0.3) is 0 Å². The molecule has 64 heavy (non-hydrogen) atoms. The number of halogens is 3. The van der Waals surface area contributed by atoms with Crippen LogP contribution < -0.4 is 15.5 Å². The summed E-state index contributed by atoms with van der Waals surface area (Å²) in [5, 5.41) is 0. The molecule has 0 fully saturated rings. The van der Waals surface area contributed by atoms with E-state index in [1.165, 1.54) is 42.3 Å². The highest BCUT2D eigenvalue weighted by Gasteiger charge is 2.35. The molecule has 9 nitrogen and oxygen atoms in total. The minimum atomic E-state index is -0.252. The van der Waals surface area contributed by atoms with Gasteiger partial charge in [-0.1, -0.05) is 113 Å². The average molecular weight is 980 g/mol. The number of ether oxygens (including phenoxy) is 2. The Morgan fingerprint density at radius 2 is 0.844 bits per heavy atom. The fourth-order valence-corrected chi connectivity index (χ4v) is 9.72. The first kappa shape index (κ1) is 57.0. The zero-order chi connectivity index (χ0) is 44.5. The summed E-state index contributed by atoms with van der Waals surface area (Å²) in [4.78, 5) is 35.1. The molecule has 0 radical (unpaired) electrons. The summed E-state index contributed by atoms with van der Waals surface area (Å²) in [6.45, 7) is 17.5. The summed E-state index contributed by atoms with van der Waals surface area (Å²) < 4.78 is 12.7. The molecule has 2 heterocycles. The summed E-state index contributed by atoms with van der Waals surface area (Å²) in [6, 6.07) is 34.7. The lowest BCUT2D eigenvalue weighted by Gasteiger charge is -2.40. The van der Waals surface area contributed by atoms with Gasteiger partial charge in [-0.05, 0) is 80.6 Å². The predicted molar refractivity (Wildman–Crippen MR) is 275 cm³/mol. The van der Waals surface area contributed by atoms with Crippen molar-refractivity contribution in [2.75, 3.05) is 71.1 Å². The van der Waals surface area contributed by atoms with Crippen molar-refractivity contribution in [3.63, 3.8) is 0 Å². The van der Waals surface area contributed by atoms with Crippen LogP contribution in [0, 0.1) is 23.7 Å². The monoisotopic (exact) mass is 977 g/mol. The molecule has 0 saturated heterocycles. The Morgan fingerprint density at radius 1 is 0.547 bits per heavy atom. The predicted octanol–water partition coefficient (Wildman–Crippen LogP) is 12.1. The van der Waals surface area contributed by atoms with E-state index in [-0.39, 0.29) is 79.0 Å². The number of rotatable bonds is 17. The van der Waals surface area contributed by atoms with Crippen LogP contribution in [-0.4, -0.2) is 94.3 Å². The molecule has 0 amide bonds. The Kier molecular flexibility index (Phi) is 22.9. The number of nitrogens with zero attached hydrogens (tertiary/aromatic N) is 4. The molecular formula is C50H74Cl3N5O4S2+2. The number of benzene rings is 4. The number of carbonyl (C=O) groups excluding carboxylic acids is 2. The molecular weight excluding hydrogens is 905 g/mol. The lowest BCUT2D eigenvalue weighted by molar-refractivity contribution is -0.927. The van der Waals surface area contributed by atoms with Crippen molar-refractivity contribution in [3.8, 4) is 0 Å². The number of likely N-dealkylation sites (N-methyl/N-ethyl adjacent to an activating group) is 2. The van der Waals surface area contributed by atoms with Crippen molar-refractivity contribution >= 4 is 95.4 Å². The summed E-state index contributed by atoms with van der Waals surface area (Å²) >= 11 is 3.64. The highest BCUT2D eigenvalue weighted by molar-refractivity contribution is 8.00. The zero-order valence-corrected chi connectivity index (χ0v) is 43.8. The number of fused-ring (bicyclic) bond motifs is 4. The van der Waals surface area contributed by atoms with Gasteiger partial charge >= 0.3 is 11.9 Å². The van der Waals surface area contributed by atoms with Crippen LogP contribution >= 0.6 is 60.7 Å². The van der Waals surface area contributed by atoms with E-state index in [0.717, 1.165) is 25.9 Å². The largest absolute Gasteiger partial charge is 0.415 e. The second-order valence-corrected chi connectivity index (χ2v) is 20.6. The molecule has 354 valence electrons.